The normalized spacial score (nSPS) is 24.9. The predicted molar refractivity (Wildman–Crippen MR) is 89.5 cm³/mol. The number of nitrogens with one attached hydrogen (secondary N) is 1. The van der Waals surface area contributed by atoms with Gasteiger partial charge >= 0.3 is 0 Å². The van der Waals surface area contributed by atoms with Gasteiger partial charge < -0.3 is 15.0 Å². The molecule has 1 aromatic carbocycles. The molecule has 0 unspecified atom stereocenters. The molecule has 1 aromatic rings. The average molecular weight is 316 g/mol. The highest BCUT2D eigenvalue weighted by atomic mass is 16.5. The third-order valence-electron chi connectivity index (χ3n) is 3.97. The lowest BCUT2D eigenvalue weighted by Gasteiger charge is -2.26. The first-order valence-corrected chi connectivity index (χ1v) is 7.96. The molecule has 5 heteroatoms. The average Bonchev–Trinajstić information content (AvgIpc) is 2.55. The van der Waals surface area contributed by atoms with Crippen LogP contribution in [0.25, 0.3) is 0 Å². The number of hydrogen-bond acceptors (Lipinski definition) is 3. The molecule has 0 fully saturated rings. The number of rotatable bonds is 0. The molecule has 1 aliphatic rings. The van der Waals surface area contributed by atoms with Crippen LogP contribution in [0.4, 0.5) is 0 Å². The summed E-state index contributed by atoms with van der Waals surface area (Å²) < 4.78 is 5.92. The lowest BCUT2D eigenvalue weighted by atomic mass is 10.1. The molecule has 23 heavy (non-hydrogen) atoms. The molecule has 0 saturated carbocycles. The highest BCUT2D eigenvalue weighted by Crippen LogP contribution is 2.22. The van der Waals surface area contributed by atoms with Crippen molar-refractivity contribution in [2.75, 3.05) is 13.6 Å². The SMILES string of the molecule is C[C@@H]1C/C=C\CCNC(=O)[C@@H](C)N(C)C(=O)c2ccccc2O1. The minimum atomic E-state index is -0.542. The Hall–Kier alpha value is -2.30. The zero-order valence-electron chi connectivity index (χ0n) is 13.9. The topological polar surface area (TPSA) is 58.6 Å². The highest BCUT2D eigenvalue weighted by molar-refractivity contribution is 5.99. The molecular formula is C18H24N2O3. The third kappa shape index (κ3) is 4.34. The number of fused-ring (bicyclic) bond motifs is 1. The van der Waals surface area contributed by atoms with Gasteiger partial charge in [-0.1, -0.05) is 24.3 Å². The Kier molecular flexibility index (Phi) is 5.79. The van der Waals surface area contributed by atoms with Crippen molar-refractivity contribution < 1.29 is 14.3 Å². The van der Waals surface area contributed by atoms with E-state index in [0.29, 0.717) is 17.9 Å². The minimum Gasteiger partial charge on any atom is -0.490 e. The van der Waals surface area contributed by atoms with Gasteiger partial charge in [0.05, 0.1) is 11.7 Å². The number of nitrogens with zero attached hydrogens (tertiary/aromatic N) is 1. The van der Waals surface area contributed by atoms with Crippen LogP contribution in [0.5, 0.6) is 5.75 Å². The quantitative estimate of drug-likeness (QED) is 0.748. The van der Waals surface area contributed by atoms with E-state index in [1.165, 1.54) is 4.90 Å². The monoisotopic (exact) mass is 316 g/mol. The van der Waals surface area contributed by atoms with Crippen molar-refractivity contribution in [3.8, 4) is 5.75 Å². The molecule has 1 heterocycles. The standard InChI is InChI=1S/C18H24N2O3/c1-13-9-5-4-8-12-19-17(21)14(2)20(3)18(22)15-10-6-7-11-16(15)23-13/h4-7,10-11,13-14H,8-9,12H2,1-3H3,(H,19,21)/b5-4-/t13-,14-/m1/s1. The van der Waals surface area contributed by atoms with Gasteiger partial charge in [-0.2, -0.15) is 0 Å². The molecular weight excluding hydrogens is 292 g/mol. The fraction of sp³-hybridized carbons (Fsp3) is 0.444. The van der Waals surface area contributed by atoms with Crippen molar-refractivity contribution >= 4 is 11.8 Å². The zero-order valence-corrected chi connectivity index (χ0v) is 13.9. The third-order valence-corrected chi connectivity index (χ3v) is 3.97. The van der Waals surface area contributed by atoms with Gasteiger partial charge in [0, 0.05) is 20.0 Å². The molecule has 1 aliphatic heterocycles. The van der Waals surface area contributed by atoms with Crippen molar-refractivity contribution in [2.45, 2.75) is 38.8 Å². The Morgan fingerprint density at radius 2 is 1.91 bits per heavy atom. The van der Waals surface area contributed by atoms with Gasteiger partial charge in [0.2, 0.25) is 5.91 Å². The molecule has 1 N–H and O–H groups in total. The number of benzene rings is 1. The molecule has 5 nitrogen and oxygen atoms in total. The van der Waals surface area contributed by atoms with Gasteiger partial charge in [0.1, 0.15) is 11.8 Å². The number of likely N-dealkylation sites (N-methyl/N-ethyl adjacent to an activating group) is 1. The molecule has 2 amide bonds. The minimum absolute atomic E-state index is 0.0274. The van der Waals surface area contributed by atoms with Gasteiger partial charge in [0.25, 0.3) is 5.91 Å². The summed E-state index contributed by atoms with van der Waals surface area (Å²) in [5.74, 6) is 0.177. The van der Waals surface area contributed by atoms with Crippen molar-refractivity contribution in [3.05, 3.63) is 42.0 Å². The number of hydrogen-bond donors (Lipinski definition) is 1. The van der Waals surface area contributed by atoms with Crippen LogP contribution >= 0.6 is 0 Å². The molecule has 0 saturated heterocycles. The Labute approximate surface area is 137 Å². The Morgan fingerprint density at radius 3 is 2.70 bits per heavy atom. The fourth-order valence-corrected chi connectivity index (χ4v) is 2.38. The van der Waals surface area contributed by atoms with Crippen LogP contribution in [0, 0.1) is 0 Å². The second kappa shape index (κ2) is 7.81. The predicted octanol–water partition coefficient (Wildman–Crippen LogP) is 2.38. The van der Waals surface area contributed by atoms with Gasteiger partial charge in [0.15, 0.2) is 0 Å². The fourth-order valence-electron chi connectivity index (χ4n) is 2.38. The number of carbonyl (C=O) groups excluding carboxylic acids is 2. The van der Waals surface area contributed by atoms with E-state index in [1.54, 1.807) is 32.2 Å². The van der Waals surface area contributed by atoms with Crippen molar-refractivity contribution in [2.24, 2.45) is 0 Å². The van der Waals surface area contributed by atoms with Crippen LogP contribution in [0.15, 0.2) is 36.4 Å². The van der Waals surface area contributed by atoms with Gasteiger partial charge in [-0.25, -0.2) is 0 Å². The van der Waals surface area contributed by atoms with E-state index < -0.39 is 6.04 Å². The summed E-state index contributed by atoms with van der Waals surface area (Å²) in [6.07, 6.45) is 5.57. The van der Waals surface area contributed by atoms with E-state index in [0.717, 1.165) is 12.8 Å². The van der Waals surface area contributed by atoms with E-state index in [9.17, 15) is 9.59 Å². The molecule has 0 bridgehead atoms. The first-order valence-electron chi connectivity index (χ1n) is 7.96. The van der Waals surface area contributed by atoms with E-state index in [1.807, 2.05) is 25.1 Å². The van der Waals surface area contributed by atoms with Crippen LogP contribution in [-0.4, -0.2) is 42.5 Å². The summed E-state index contributed by atoms with van der Waals surface area (Å²) in [7, 11) is 1.64. The second-order valence-electron chi connectivity index (χ2n) is 5.80. The van der Waals surface area contributed by atoms with E-state index >= 15 is 0 Å². The number of para-hydroxylation sites is 1. The smallest absolute Gasteiger partial charge is 0.258 e. The number of amides is 2. The van der Waals surface area contributed by atoms with Crippen LogP contribution in [0.2, 0.25) is 0 Å². The van der Waals surface area contributed by atoms with Crippen LogP contribution in [0.3, 0.4) is 0 Å². The highest BCUT2D eigenvalue weighted by Gasteiger charge is 2.25. The second-order valence-corrected chi connectivity index (χ2v) is 5.80. The Bertz CT molecular complexity index is 598. The molecule has 2 rings (SSSR count). The van der Waals surface area contributed by atoms with Gasteiger partial charge in [-0.3, -0.25) is 9.59 Å². The van der Waals surface area contributed by atoms with Crippen molar-refractivity contribution in [1.29, 1.82) is 0 Å². The lowest BCUT2D eigenvalue weighted by Crippen LogP contribution is -2.46. The van der Waals surface area contributed by atoms with E-state index in [4.69, 9.17) is 4.74 Å². The maximum absolute atomic E-state index is 12.7. The van der Waals surface area contributed by atoms with Gasteiger partial charge in [-0.05, 0) is 32.4 Å². The maximum Gasteiger partial charge on any atom is 0.258 e. The van der Waals surface area contributed by atoms with Crippen LogP contribution < -0.4 is 10.1 Å². The summed E-state index contributed by atoms with van der Waals surface area (Å²) >= 11 is 0. The molecule has 124 valence electrons. The molecule has 2 atom stereocenters. The van der Waals surface area contributed by atoms with E-state index in [2.05, 4.69) is 5.32 Å². The first kappa shape index (κ1) is 17.1. The number of carbonyl (C=O) groups is 2. The number of ether oxygens (including phenoxy) is 1. The Morgan fingerprint density at radius 1 is 1.17 bits per heavy atom. The van der Waals surface area contributed by atoms with Crippen molar-refractivity contribution in [3.63, 3.8) is 0 Å². The largest absolute Gasteiger partial charge is 0.490 e. The Balaban J connectivity index is 2.32. The maximum atomic E-state index is 12.7. The molecule has 0 aromatic heterocycles. The first-order chi connectivity index (χ1) is 11.0. The summed E-state index contributed by atoms with van der Waals surface area (Å²) in [5, 5.41) is 2.86. The van der Waals surface area contributed by atoms with Gasteiger partial charge in [-0.15, -0.1) is 0 Å². The summed E-state index contributed by atoms with van der Waals surface area (Å²) in [6.45, 7) is 4.26. The van der Waals surface area contributed by atoms with Crippen LogP contribution in [0.1, 0.15) is 37.0 Å². The molecule has 0 spiro atoms. The molecule has 0 aliphatic carbocycles. The van der Waals surface area contributed by atoms with Crippen molar-refractivity contribution in [1.82, 2.24) is 10.2 Å². The summed E-state index contributed by atoms with van der Waals surface area (Å²) in [5.41, 5.74) is 0.475. The lowest BCUT2D eigenvalue weighted by molar-refractivity contribution is -0.124. The van der Waals surface area contributed by atoms with E-state index in [-0.39, 0.29) is 17.9 Å². The summed E-state index contributed by atoms with van der Waals surface area (Å²) in [6, 6.07) is 6.62. The summed E-state index contributed by atoms with van der Waals surface area (Å²) in [4.78, 5) is 26.3. The van der Waals surface area contributed by atoms with Crippen LogP contribution in [-0.2, 0) is 4.79 Å². The zero-order chi connectivity index (χ0) is 16.8. The molecule has 0 radical (unpaired) electrons.